The van der Waals surface area contributed by atoms with Crippen LogP contribution in [-0.4, -0.2) is 18.0 Å². The first-order valence-corrected chi connectivity index (χ1v) is 9.43. The minimum absolute atomic E-state index is 0.0903. The van der Waals surface area contributed by atoms with Crippen molar-refractivity contribution in [3.8, 4) is 11.5 Å². The summed E-state index contributed by atoms with van der Waals surface area (Å²) in [5.74, 6) is 1.23. The summed E-state index contributed by atoms with van der Waals surface area (Å²) in [7, 11) is 1.62. The zero-order valence-corrected chi connectivity index (χ0v) is 17.0. The van der Waals surface area contributed by atoms with E-state index < -0.39 is 0 Å². The van der Waals surface area contributed by atoms with Gasteiger partial charge in [-0.05, 0) is 48.0 Å². The third-order valence-corrected chi connectivity index (χ3v) is 4.34. The van der Waals surface area contributed by atoms with Crippen molar-refractivity contribution in [1.82, 2.24) is 4.98 Å². The molecule has 0 saturated carbocycles. The van der Waals surface area contributed by atoms with Crippen LogP contribution in [0, 0.1) is 0 Å². The summed E-state index contributed by atoms with van der Waals surface area (Å²) >= 11 is 5.80. The summed E-state index contributed by atoms with van der Waals surface area (Å²) < 4.78 is 11.3. The number of carbonyl (C=O) groups is 1. The highest BCUT2D eigenvalue weighted by Gasteiger charge is 2.07. The number of nitrogens with one attached hydrogen (secondary N) is 2. The van der Waals surface area contributed by atoms with Crippen molar-refractivity contribution in [2.24, 2.45) is 0 Å². The van der Waals surface area contributed by atoms with E-state index in [0.717, 1.165) is 22.5 Å². The van der Waals surface area contributed by atoms with Crippen LogP contribution in [0.25, 0.3) is 0 Å². The standard InChI is InChI=1S/C22H22ClN3O3/c1-15(27)26-19-7-5-18(6-8-19)24-12-16-3-9-20(21(11-16)28-2)29-14-17-4-10-22(23)25-13-17/h3-11,13,24H,12,14H2,1-2H3,(H,26,27). The lowest BCUT2D eigenvalue weighted by atomic mass is 10.2. The lowest BCUT2D eigenvalue weighted by Crippen LogP contribution is -2.06. The van der Waals surface area contributed by atoms with Gasteiger partial charge in [0.1, 0.15) is 11.8 Å². The summed E-state index contributed by atoms with van der Waals surface area (Å²) in [5.41, 5.74) is 3.69. The monoisotopic (exact) mass is 411 g/mol. The number of benzene rings is 2. The minimum Gasteiger partial charge on any atom is -0.493 e. The number of ether oxygens (including phenoxy) is 2. The van der Waals surface area contributed by atoms with E-state index in [0.29, 0.717) is 29.8 Å². The van der Waals surface area contributed by atoms with Gasteiger partial charge < -0.3 is 20.1 Å². The maximum absolute atomic E-state index is 11.1. The Morgan fingerprint density at radius 1 is 1.00 bits per heavy atom. The second-order valence-electron chi connectivity index (χ2n) is 6.38. The SMILES string of the molecule is COc1cc(CNc2ccc(NC(C)=O)cc2)ccc1OCc1ccc(Cl)nc1. The molecule has 0 aliphatic carbocycles. The van der Waals surface area contributed by atoms with E-state index in [2.05, 4.69) is 15.6 Å². The lowest BCUT2D eigenvalue weighted by molar-refractivity contribution is -0.114. The number of anilines is 2. The Morgan fingerprint density at radius 2 is 1.72 bits per heavy atom. The van der Waals surface area contributed by atoms with Gasteiger partial charge >= 0.3 is 0 Å². The number of hydrogen-bond donors (Lipinski definition) is 2. The number of pyridine rings is 1. The molecule has 0 spiro atoms. The molecule has 7 heteroatoms. The Hall–Kier alpha value is -3.25. The summed E-state index contributed by atoms with van der Waals surface area (Å²) in [5, 5.41) is 6.54. The highest BCUT2D eigenvalue weighted by Crippen LogP contribution is 2.29. The van der Waals surface area contributed by atoms with Crippen LogP contribution in [0.4, 0.5) is 11.4 Å². The molecular weight excluding hydrogens is 390 g/mol. The van der Waals surface area contributed by atoms with Crippen molar-refractivity contribution in [3.05, 3.63) is 77.1 Å². The van der Waals surface area contributed by atoms with Gasteiger partial charge in [0.15, 0.2) is 11.5 Å². The molecule has 0 fully saturated rings. The Bertz CT molecular complexity index is 960. The third-order valence-electron chi connectivity index (χ3n) is 4.11. The summed E-state index contributed by atoms with van der Waals surface area (Å²) in [6, 6.07) is 17.0. The van der Waals surface area contributed by atoms with Gasteiger partial charge in [0.25, 0.3) is 0 Å². The van der Waals surface area contributed by atoms with Crippen molar-refractivity contribution >= 4 is 28.9 Å². The van der Waals surface area contributed by atoms with E-state index in [4.69, 9.17) is 21.1 Å². The zero-order valence-electron chi connectivity index (χ0n) is 16.2. The van der Waals surface area contributed by atoms with Crippen LogP contribution in [0.2, 0.25) is 5.15 Å². The Morgan fingerprint density at radius 3 is 2.38 bits per heavy atom. The predicted molar refractivity (Wildman–Crippen MR) is 115 cm³/mol. The molecule has 3 rings (SSSR count). The summed E-state index contributed by atoms with van der Waals surface area (Å²) in [6.45, 7) is 2.48. The van der Waals surface area contributed by atoms with E-state index in [-0.39, 0.29) is 5.91 Å². The second kappa shape index (κ2) is 9.80. The molecule has 1 amide bonds. The number of carbonyl (C=O) groups excluding carboxylic acids is 1. The minimum atomic E-state index is -0.0903. The molecule has 150 valence electrons. The Kier molecular flexibility index (Phi) is 6.92. The average molecular weight is 412 g/mol. The molecule has 0 saturated heterocycles. The van der Waals surface area contributed by atoms with Crippen molar-refractivity contribution in [2.45, 2.75) is 20.1 Å². The number of hydrogen-bond acceptors (Lipinski definition) is 5. The van der Waals surface area contributed by atoms with E-state index in [9.17, 15) is 4.79 Å². The summed E-state index contributed by atoms with van der Waals surface area (Å²) in [4.78, 5) is 15.1. The number of halogens is 1. The highest BCUT2D eigenvalue weighted by atomic mass is 35.5. The lowest BCUT2D eigenvalue weighted by Gasteiger charge is -2.13. The fourth-order valence-electron chi connectivity index (χ4n) is 2.67. The first kappa shape index (κ1) is 20.5. The van der Waals surface area contributed by atoms with Gasteiger partial charge in [-0.3, -0.25) is 4.79 Å². The van der Waals surface area contributed by atoms with Crippen LogP contribution in [0.15, 0.2) is 60.8 Å². The first-order chi connectivity index (χ1) is 14.0. The van der Waals surface area contributed by atoms with Gasteiger partial charge in [0, 0.05) is 36.6 Å². The Balaban J connectivity index is 1.59. The van der Waals surface area contributed by atoms with Crippen molar-refractivity contribution in [2.75, 3.05) is 17.7 Å². The van der Waals surface area contributed by atoms with Gasteiger partial charge in [-0.15, -0.1) is 0 Å². The van der Waals surface area contributed by atoms with Crippen molar-refractivity contribution < 1.29 is 14.3 Å². The van der Waals surface area contributed by atoms with Crippen LogP contribution in [0.3, 0.4) is 0 Å². The molecule has 1 heterocycles. The number of rotatable bonds is 8. The normalized spacial score (nSPS) is 10.3. The molecule has 2 aromatic carbocycles. The van der Waals surface area contributed by atoms with Gasteiger partial charge in [-0.2, -0.15) is 0 Å². The van der Waals surface area contributed by atoms with Gasteiger partial charge in [0.05, 0.1) is 7.11 Å². The molecule has 0 aliphatic rings. The topological polar surface area (TPSA) is 72.5 Å². The number of aromatic nitrogens is 1. The van der Waals surface area contributed by atoms with Crippen molar-refractivity contribution in [1.29, 1.82) is 0 Å². The maximum atomic E-state index is 11.1. The molecule has 1 aromatic heterocycles. The highest BCUT2D eigenvalue weighted by molar-refractivity contribution is 6.29. The van der Waals surface area contributed by atoms with Crippen LogP contribution < -0.4 is 20.1 Å². The molecule has 6 nitrogen and oxygen atoms in total. The quantitative estimate of drug-likeness (QED) is 0.516. The van der Waals surface area contributed by atoms with E-state index in [1.54, 1.807) is 19.4 Å². The fraction of sp³-hybridized carbons (Fsp3) is 0.182. The fourth-order valence-corrected chi connectivity index (χ4v) is 2.78. The maximum Gasteiger partial charge on any atom is 0.221 e. The molecule has 0 aliphatic heterocycles. The average Bonchev–Trinajstić information content (AvgIpc) is 2.72. The molecule has 2 N–H and O–H groups in total. The molecule has 0 atom stereocenters. The summed E-state index contributed by atoms with van der Waals surface area (Å²) in [6.07, 6.45) is 1.68. The number of amides is 1. The van der Waals surface area contributed by atoms with E-state index in [1.807, 2.05) is 48.5 Å². The molecule has 29 heavy (non-hydrogen) atoms. The number of nitrogens with zero attached hydrogens (tertiary/aromatic N) is 1. The van der Waals surface area contributed by atoms with Gasteiger partial charge in [-0.25, -0.2) is 4.98 Å². The molecule has 0 bridgehead atoms. The first-order valence-electron chi connectivity index (χ1n) is 9.05. The predicted octanol–water partition coefficient (Wildman–Crippen LogP) is 4.89. The van der Waals surface area contributed by atoms with Crippen LogP contribution in [0.5, 0.6) is 11.5 Å². The molecule has 3 aromatic rings. The van der Waals surface area contributed by atoms with Crippen LogP contribution >= 0.6 is 11.6 Å². The van der Waals surface area contributed by atoms with Crippen molar-refractivity contribution in [3.63, 3.8) is 0 Å². The second-order valence-corrected chi connectivity index (χ2v) is 6.76. The smallest absolute Gasteiger partial charge is 0.221 e. The molecular formula is C22H22ClN3O3. The third kappa shape index (κ3) is 6.12. The van der Waals surface area contributed by atoms with Gasteiger partial charge in [0.2, 0.25) is 5.91 Å². The zero-order chi connectivity index (χ0) is 20.6. The largest absolute Gasteiger partial charge is 0.493 e. The Labute approximate surface area is 174 Å². The van der Waals surface area contributed by atoms with E-state index >= 15 is 0 Å². The van der Waals surface area contributed by atoms with Crippen LogP contribution in [0.1, 0.15) is 18.1 Å². The molecule has 0 radical (unpaired) electrons. The van der Waals surface area contributed by atoms with E-state index in [1.165, 1.54) is 6.92 Å². The number of methoxy groups -OCH3 is 1. The van der Waals surface area contributed by atoms with Crippen LogP contribution in [-0.2, 0) is 17.9 Å². The molecule has 0 unspecified atom stereocenters. The van der Waals surface area contributed by atoms with Gasteiger partial charge in [-0.1, -0.05) is 23.7 Å².